The van der Waals surface area contributed by atoms with E-state index in [1.54, 1.807) is 12.1 Å². The van der Waals surface area contributed by atoms with Gasteiger partial charge in [0.1, 0.15) is 0 Å². The lowest BCUT2D eigenvalue weighted by atomic mass is 10.2. The Morgan fingerprint density at radius 2 is 2.00 bits per heavy atom. The second kappa shape index (κ2) is 6.84. The van der Waals surface area contributed by atoms with Gasteiger partial charge in [-0.15, -0.1) is 0 Å². The molecule has 24 heavy (non-hydrogen) atoms. The number of benzene rings is 1. The number of aryl methyl sites for hydroxylation is 1. The molecule has 130 valence electrons. The quantitative estimate of drug-likeness (QED) is 0.908. The van der Waals surface area contributed by atoms with Crippen molar-refractivity contribution in [1.82, 2.24) is 14.9 Å². The summed E-state index contributed by atoms with van der Waals surface area (Å²) in [7, 11) is 0. The van der Waals surface area contributed by atoms with E-state index in [4.69, 9.17) is 0 Å². The number of rotatable bonds is 5. The molecule has 1 unspecified atom stereocenters. The number of hydrogen-bond acceptors (Lipinski definition) is 3. The van der Waals surface area contributed by atoms with E-state index in [1.165, 1.54) is 0 Å². The van der Waals surface area contributed by atoms with Crippen molar-refractivity contribution in [2.75, 3.05) is 18.0 Å². The van der Waals surface area contributed by atoms with Crippen LogP contribution in [0, 0.1) is 0 Å². The zero-order chi connectivity index (χ0) is 17.2. The van der Waals surface area contributed by atoms with Crippen LogP contribution in [0.25, 0.3) is 0 Å². The third-order valence-electron chi connectivity index (χ3n) is 4.46. The van der Waals surface area contributed by atoms with Crippen LogP contribution in [0.2, 0.25) is 0 Å². The maximum Gasteiger partial charge on any atom is 0.416 e. The van der Waals surface area contributed by atoms with Crippen molar-refractivity contribution in [3.05, 3.63) is 48.0 Å². The highest BCUT2D eigenvalue weighted by Crippen LogP contribution is 2.31. The van der Waals surface area contributed by atoms with Gasteiger partial charge in [0.05, 0.1) is 17.6 Å². The first kappa shape index (κ1) is 16.8. The van der Waals surface area contributed by atoms with Crippen molar-refractivity contribution in [3.8, 4) is 0 Å². The van der Waals surface area contributed by atoms with Gasteiger partial charge in [0.25, 0.3) is 0 Å². The second-order valence-corrected chi connectivity index (χ2v) is 6.03. The second-order valence-electron chi connectivity index (χ2n) is 6.03. The lowest BCUT2D eigenvalue weighted by Gasteiger charge is -2.20. The number of aromatic nitrogens is 2. The van der Waals surface area contributed by atoms with Crippen LogP contribution in [-0.2, 0) is 19.3 Å². The Balaban J connectivity index is 1.55. The van der Waals surface area contributed by atoms with Crippen LogP contribution in [0.5, 0.6) is 0 Å². The Morgan fingerprint density at radius 1 is 1.25 bits per heavy atom. The Hall–Kier alpha value is -2.02. The fourth-order valence-corrected chi connectivity index (χ4v) is 3.05. The molecule has 0 saturated carbocycles. The maximum atomic E-state index is 12.6. The van der Waals surface area contributed by atoms with Gasteiger partial charge in [-0.3, -0.25) is 0 Å². The van der Waals surface area contributed by atoms with Crippen molar-refractivity contribution in [1.29, 1.82) is 0 Å². The van der Waals surface area contributed by atoms with Crippen LogP contribution in [0.15, 0.2) is 36.8 Å². The largest absolute Gasteiger partial charge is 0.416 e. The summed E-state index contributed by atoms with van der Waals surface area (Å²) in [6.07, 6.45) is 0.371. The molecule has 3 rings (SSSR count). The minimum Gasteiger partial charge on any atom is -0.370 e. The monoisotopic (exact) mass is 338 g/mol. The van der Waals surface area contributed by atoms with Crippen molar-refractivity contribution in [2.24, 2.45) is 0 Å². The van der Waals surface area contributed by atoms with Gasteiger partial charge in [-0.2, -0.15) is 13.2 Å². The van der Waals surface area contributed by atoms with Crippen LogP contribution in [0.4, 0.5) is 18.9 Å². The molecule has 4 nitrogen and oxygen atoms in total. The maximum absolute atomic E-state index is 12.6. The summed E-state index contributed by atoms with van der Waals surface area (Å²) in [6, 6.07) is 5.73. The van der Waals surface area contributed by atoms with Gasteiger partial charge >= 0.3 is 6.18 Å². The molecule has 0 aliphatic carbocycles. The molecule has 0 spiro atoms. The van der Waals surface area contributed by atoms with Crippen LogP contribution in [-0.4, -0.2) is 28.7 Å². The van der Waals surface area contributed by atoms with E-state index in [-0.39, 0.29) is 0 Å². The average Bonchev–Trinajstić information content (AvgIpc) is 3.21. The fourth-order valence-electron chi connectivity index (χ4n) is 3.05. The SMILES string of the molecule is CCn1cncc1CNC1CCN(c2ccc(C(F)(F)F)cc2)C1. The van der Waals surface area contributed by atoms with Gasteiger partial charge in [0, 0.05) is 44.1 Å². The number of hydrogen-bond donors (Lipinski definition) is 1. The Bertz CT molecular complexity index is 663. The molecule has 1 aromatic carbocycles. The standard InChI is InChI=1S/C17H21F3N4/c1-2-23-12-21-9-16(23)10-22-14-7-8-24(11-14)15-5-3-13(4-6-15)17(18,19)20/h3-6,9,12,14,22H,2,7-8,10-11H2,1H3. The molecule has 2 aromatic rings. The molecule has 7 heteroatoms. The van der Waals surface area contributed by atoms with Crippen molar-refractivity contribution in [2.45, 2.75) is 38.7 Å². The molecule has 1 aliphatic rings. The molecule has 1 aliphatic heterocycles. The molecular formula is C17H21F3N4. The molecule has 1 saturated heterocycles. The third-order valence-corrected chi connectivity index (χ3v) is 4.46. The lowest BCUT2D eigenvalue weighted by Crippen LogP contribution is -2.32. The molecule has 0 bridgehead atoms. The minimum atomic E-state index is -4.28. The normalized spacial score (nSPS) is 18.3. The van der Waals surface area contributed by atoms with Crippen LogP contribution in [0.3, 0.4) is 0 Å². The highest BCUT2D eigenvalue weighted by atomic mass is 19.4. The highest BCUT2D eigenvalue weighted by Gasteiger charge is 2.30. The van der Waals surface area contributed by atoms with Gasteiger partial charge in [0.2, 0.25) is 0 Å². The first-order valence-electron chi connectivity index (χ1n) is 8.12. The van der Waals surface area contributed by atoms with Gasteiger partial charge in [-0.1, -0.05) is 0 Å². The van der Waals surface area contributed by atoms with E-state index in [1.807, 2.05) is 12.5 Å². The number of imidazole rings is 1. The molecular weight excluding hydrogens is 317 g/mol. The summed E-state index contributed by atoms with van der Waals surface area (Å²) in [4.78, 5) is 6.27. The summed E-state index contributed by atoms with van der Waals surface area (Å²) in [5, 5.41) is 3.51. The van der Waals surface area contributed by atoms with Gasteiger partial charge < -0.3 is 14.8 Å². The lowest BCUT2D eigenvalue weighted by molar-refractivity contribution is -0.137. The molecule has 2 heterocycles. The van der Waals surface area contributed by atoms with E-state index < -0.39 is 11.7 Å². The van der Waals surface area contributed by atoms with Crippen molar-refractivity contribution in [3.63, 3.8) is 0 Å². The average molecular weight is 338 g/mol. The number of halogens is 3. The smallest absolute Gasteiger partial charge is 0.370 e. The fraction of sp³-hybridized carbons (Fsp3) is 0.471. The Morgan fingerprint density at radius 3 is 2.67 bits per heavy atom. The predicted molar refractivity (Wildman–Crippen MR) is 86.8 cm³/mol. The van der Waals surface area contributed by atoms with E-state index in [2.05, 4.69) is 26.7 Å². The first-order chi connectivity index (χ1) is 11.5. The van der Waals surface area contributed by atoms with Crippen molar-refractivity contribution >= 4 is 5.69 Å². The van der Waals surface area contributed by atoms with Crippen LogP contribution < -0.4 is 10.2 Å². The Kier molecular flexibility index (Phi) is 4.80. The topological polar surface area (TPSA) is 33.1 Å². The van der Waals surface area contributed by atoms with E-state index in [0.717, 1.165) is 56.1 Å². The number of anilines is 1. The highest BCUT2D eigenvalue weighted by molar-refractivity contribution is 5.49. The summed E-state index contributed by atoms with van der Waals surface area (Å²) in [5.74, 6) is 0. The predicted octanol–water partition coefficient (Wildman–Crippen LogP) is 3.29. The van der Waals surface area contributed by atoms with Crippen molar-refractivity contribution < 1.29 is 13.2 Å². The molecule has 0 amide bonds. The zero-order valence-corrected chi connectivity index (χ0v) is 13.6. The Labute approximate surface area is 139 Å². The summed E-state index contributed by atoms with van der Waals surface area (Å²) < 4.78 is 40.0. The van der Waals surface area contributed by atoms with Crippen LogP contribution >= 0.6 is 0 Å². The van der Waals surface area contributed by atoms with E-state index in [0.29, 0.717) is 6.04 Å². The van der Waals surface area contributed by atoms with Crippen LogP contribution in [0.1, 0.15) is 24.6 Å². The van der Waals surface area contributed by atoms with Gasteiger partial charge in [-0.05, 0) is 37.6 Å². The van der Waals surface area contributed by atoms with E-state index >= 15 is 0 Å². The van der Waals surface area contributed by atoms with Gasteiger partial charge in [-0.25, -0.2) is 4.98 Å². The molecule has 1 fully saturated rings. The van der Waals surface area contributed by atoms with Gasteiger partial charge in [0.15, 0.2) is 0 Å². The summed E-state index contributed by atoms with van der Waals surface area (Å²) in [5.41, 5.74) is 1.38. The number of nitrogens with zero attached hydrogens (tertiary/aromatic N) is 3. The first-order valence-corrected chi connectivity index (χ1v) is 8.12. The number of alkyl halides is 3. The molecule has 1 N–H and O–H groups in total. The van der Waals surface area contributed by atoms with E-state index in [9.17, 15) is 13.2 Å². The zero-order valence-electron chi connectivity index (χ0n) is 13.6. The molecule has 1 atom stereocenters. The number of nitrogens with one attached hydrogen (secondary N) is 1. The third kappa shape index (κ3) is 3.72. The molecule has 0 radical (unpaired) electrons. The molecule has 1 aromatic heterocycles. The summed E-state index contributed by atoms with van der Waals surface area (Å²) >= 11 is 0. The minimum absolute atomic E-state index is 0.326. The summed E-state index contributed by atoms with van der Waals surface area (Å²) in [6.45, 7) is 5.35.